The Bertz CT molecular complexity index is 826. The summed E-state index contributed by atoms with van der Waals surface area (Å²) in [4.78, 5) is 40.6. The van der Waals surface area contributed by atoms with E-state index in [1.165, 1.54) is 20.2 Å². The second-order valence-electron chi connectivity index (χ2n) is 5.20. The van der Waals surface area contributed by atoms with Gasteiger partial charge in [-0.25, -0.2) is 9.78 Å². The molecule has 1 amide bonds. The van der Waals surface area contributed by atoms with Crippen molar-refractivity contribution < 1.29 is 14.3 Å². The number of pyridine rings is 2. The van der Waals surface area contributed by atoms with Gasteiger partial charge in [0.2, 0.25) is 5.43 Å². The highest BCUT2D eigenvalue weighted by Gasteiger charge is 2.20. The van der Waals surface area contributed by atoms with Gasteiger partial charge in [0.15, 0.2) is 0 Å². The molecule has 2 rings (SSSR count). The lowest BCUT2D eigenvalue weighted by atomic mass is 10.1. The summed E-state index contributed by atoms with van der Waals surface area (Å²) in [5, 5.41) is 2.84. The Kier molecular flexibility index (Phi) is 4.78. The minimum Gasteiger partial charge on any atom is -0.467 e. The van der Waals surface area contributed by atoms with Crippen molar-refractivity contribution in [2.24, 2.45) is 0 Å². The van der Waals surface area contributed by atoms with E-state index in [1.54, 1.807) is 16.7 Å². The molecule has 0 saturated carbocycles. The predicted molar refractivity (Wildman–Crippen MR) is 85.4 cm³/mol. The maximum atomic E-state index is 12.5. The second-order valence-corrected chi connectivity index (χ2v) is 5.20. The molecule has 2 heterocycles. The SMILES string of the molecule is CCn1cc(C(=O)N[C@@H](C)C(=O)OC)c(=O)c2ccc(C)nc21. The summed E-state index contributed by atoms with van der Waals surface area (Å²) < 4.78 is 6.30. The van der Waals surface area contributed by atoms with E-state index in [-0.39, 0.29) is 5.56 Å². The summed E-state index contributed by atoms with van der Waals surface area (Å²) >= 11 is 0. The van der Waals surface area contributed by atoms with Crippen molar-refractivity contribution in [2.75, 3.05) is 7.11 Å². The van der Waals surface area contributed by atoms with Crippen LogP contribution in [0.1, 0.15) is 29.9 Å². The van der Waals surface area contributed by atoms with Crippen molar-refractivity contribution in [2.45, 2.75) is 33.4 Å². The van der Waals surface area contributed by atoms with E-state index >= 15 is 0 Å². The lowest BCUT2D eigenvalue weighted by Gasteiger charge is -2.14. The number of esters is 1. The van der Waals surface area contributed by atoms with Gasteiger partial charge in [0.05, 0.1) is 12.5 Å². The first-order valence-corrected chi connectivity index (χ1v) is 7.28. The molecular weight excluding hydrogens is 298 g/mol. The Hall–Kier alpha value is -2.70. The zero-order valence-electron chi connectivity index (χ0n) is 13.5. The smallest absolute Gasteiger partial charge is 0.328 e. The molecule has 0 unspecified atom stereocenters. The first-order valence-electron chi connectivity index (χ1n) is 7.28. The van der Waals surface area contributed by atoms with E-state index in [4.69, 9.17) is 0 Å². The predicted octanol–water partition coefficient (Wildman–Crippen LogP) is 1.02. The molecule has 7 nitrogen and oxygen atoms in total. The molecular formula is C16H19N3O4. The van der Waals surface area contributed by atoms with E-state index in [1.807, 2.05) is 13.8 Å². The minimum atomic E-state index is -0.839. The van der Waals surface area contributed by atoms with Crippen molar-refractivity contribution in [1.29, 1.82) is 0 Å². The molecule has 0 saturated heterocycles. The molecule has 0 aliphatic heterocycles. The van der Waals surface area contributed by atoms with Crippen LogP contribution in [-0.4, -0.2) is 34.6 Å². The summed E-state index contributed by atoms with van der Waals surface area (Å²) in [6.45, 7) is 5.78. The molecule has 2 aromatic heterocycles. The Labute approximate surface area is 133 Å². The number of ether oxygens (including phenoxy) is 1. The fraction of sp³-hybridized carbons (Fsp3) is 0.375. The van der Waals surface area contributed by atoms with Crippen molar-refractivity contribution in [3.8, 4) is 0 Å². The van der Waals surface area contributed by atoms with Crippen LogP contribution < -0.4 is 10.7 Å². The number of hydrogen-bond acceptors (Lipinski definition) is 5. The molecule has 1 atom stereocenters. The number of aryl methyl sites for hydroxylation is 2. The van der Waals surface area contributed by atoms with Crippen LogP contribution in [0, 0.1) is 6.92 Å². The van der Waals surface area contributed by atoms with Crippen molar-refractivity contribution in [3.63, 3.8) is 0 Å². The van der Waals surface area contributed by atoms with Gasteiger partial charge in [0, 0.05) is 18.4 Å². The number of carbonyl (C=O) groups excluding carboxylic acids is 2. The molecule has 0 radical (unpaired) electrons. The number of hydrogen-bond donors (Lipinski definition) is 1. The Morgan fingerprint density at radius 1 is 1.39 bits per heavy atom. The molecule has 0 spiro atoms. The topological polar surface area (TPSA) is 90.3 Å². The normalized spacial score (nSPS) is 12.0. The lowest BCUT2D eigenvalue weighted by molar-refractivity contribution is -0.142. The molecule has 0 aliphatic rings. The highest BCUT2D eigenvalue weighted by molar-refractivity contribution is 5.98. The molecule has 1 N–H and O–H groups in total. The number of methoxy groups -OCH3 is 1. The first-order chi connectivity index (χ1) is 10.9. The number of rotatable bonds is 4. The number of fused-ring (bicyclic) bond motifs is 1. The first kappa shape index (κ1) is 16.7. The Morgan fingerprint density at radius 2 is 2.09 bits per heavy atom. The van der Waals surface area contributed by atoms with Crippen LogP contribution in [0.5, 0.6) is 0 Å². The number of carbonyl (C=O) groups is 2. The molecule has 0 aliphatic carbocycles. The van der Waals surface area contributed by atoms with Crippen LogP contribution in [0.15, 0.2) is 23.1 Å². The number of nitrogens with zero attached hydrogens (tertiary/aromatic N) is 2. The van der Waals surface area contributed by atoms with Crippen LogP contribution in [0.4, 0.5) is 0 Å². The van der Waals surface area contributed by atoms with Crippen LogP contribution in [0.3, 0.4) is 0 Å². The summed E-state index contributed by atoms with van der Waals surface area (Å²) in [6.07, 6.45) is 1.47. The van der Waals surface area contributed by atoms with Crippen molar-refractivity contribution in [1.82, 2.24) is 14.9 Å². The monoisotopic (exact) mass is 317 g/mol. The number of nitrogens with one attached hydrogen (secondary N) is 1. The maximum absolute atomic E-state index is 12.5. The van der Waals surface area contributed by atoms with Gasteiger partial charge in [-0.2, -0.15) is 0 Å². The summed E-state index contributed by atoms with van der Waals surface area (Å²) in [6, 6.07) is 2.55. The maximum Gasteiger partial charge on any atom is 0.328 e. The molecule has 23 heavy (non-hydrogen) atoms. The quantitative estimate of drug-likeness (QED) is 0.850. The van der Waals surface area contributed by atoms with Crippen molar-refractivity contribution >= 4 is 22.9 Å². The summed E-state index contributed by atoms with van der Waals surface area (Å²) in [7, 11) is 1.24. The van der Waals surface area contributed by atoms with E-state index in [0.29, 0.717) is 17.6 Å². The average Bonchev–Trinajstić information content (AvgIpc) is 2.54. The fourth-order valence-electron chi connectivity index (χ4n) is 2.27. The largest absolute Gasteiger partial charge is 0.467 e. The third kappa shape index (κ3) is 3.23. The fourth-order valence-corrected chi connectivity index (χ4v) is 2.27. The number of amides is 1. The highest BCUT2D eigenvalue weighted by atomic mass is 16.5. The van der Waals surface area contributed by atoms with Gasteiger partial charge >= 0.3 is 5.97 Å². The van der Waals surface area contributed by atoms with Crippen LogP contribution in [0.2, 0.25) is 0 Å². The zero-order chi connectivity index (χ0) is 17.1. The molecule has 0 bridgehead atoms. The molecule has 122 valence electrons. The zero-order valence-corrected chi connectivity index (χ0v) is 13.5. The van der Waals surface area contributed by atoms with Crippen LogP contribution >= 0.6 is 0 Å². The van der Waals surface area contributed by atoms with Crippen LogP contribution in [0.25, 0.3) is 11.0 Å². The third-order valence-corrected chi connectivity index (χ3v) is 3.55. The average molecular weight is 317 g/mol. The van der Waals surface area contributed by atoms with Crippen LogP contribution in [-0.2, 0) is 16.1 Å². The van der Waals surface area contributed by atoms with Gasteiger partial charge in [-0.15, -0.1) is 0 Å². The molecule has 2 aromatic rings. The van der Waals surface area contributed by atoms with Gasteiger partial charge in [0.25, 0.3) is 5.91 Å². The second kappa shape index (κ2) is 6.60. The van der Waals surface area contributed by atoms with E-state index < -0.39 is 23.3 Å². The molecule has 0 aromatic carbocycles. The van der Waals surface area contributed by atoms with Gasteiger partial charge in [-0.1, -0.05) is 0 Å². The minimum absolute atomic E-state index is 0.0271. The van der Waals surface area contributed by atoms with E-state index in [9.17, 15) is 14.4 Å². The standard InChI is InChI=1S/C16H19N3O4/c1-5-19-8-12(15(21)18-10(3)16(22)23-4)13(20)11-7-6-9(2)17-14(11)19/h6-8,10H,5H2,1-4H3,(H,18,21)/t10-/m0/s1. The highest BCUT2D eigenvalue weighted by Crippen LogP contribution is 2.11. The summed E-state index contributed by atoms with van der Waals surface area (Å²) in [5.74, 6) is -1.19. The summed E-state index contributed by atoms with van der Waals surface area (Å²) in [5.41, 5.74) is 0.887. The van der Waals surface area contributed by atoms with Gasteiger partial charge in [-0.05, 0) is 32.9 Å². The molecule has 7 heteroatoms. The molecule has 0 fully saturated rings. The van der Waals surface area contributed by atoms with Gasteiger partial charge < -0.3 is 14.6 Å². The van der Waals surface area contributed by atoms with E-state index in [2.05, 4.69) is 15.0 Å². The lowest BCUT2D eigenvalue weighted by Crippen LogP contribution is -2.41. The third-order valence-electron chi connectivity index (χ3n) is 3.55. The number of aromatic nitrogens is 2. The Balaban J connectivity index is 2.51. The van der Waals surface area contributed by atoms with Gasteiger partial charge in [-0.3, -0.25) is 9.59 Å². The van der Waals surface area contributed by atoms with Crippen molar-refractivity contribution in [3.05, 3.63) is 39.8 Å². The van der Waals surface area contributed by atoms with Gasteiger partial charge in [0.1, 0.15) is 17.3 Å². The Morgan fingerprint density at radius 3 is 2.70 bits per heavy atom. The van der Waals surface area contributed by atoms with E-state index in [0.717, 1.165) is 5.69 Å².